The second-order valence-electron chi connectivity index (χ2n) is 5.83. The molecule has 0 radical (unpaired) electrons. The van der Waals surface area contributed by atoms with E-state index in [4.69, 9.17) is 10.5 Å². The molecule has 0 aliphatic carbocycles. The Morgan fingerprint density at radius 1 is 1.33 bits per heavy atom. The molecular formula is C17H25Cl2N3O2. The van der Waals surface area contributed by atoms with Crippen LogP contribution in [0.4, 0.5) is 5.69 Å². The van der Waals surface area contributed by atoms with Crippen LogP contribution in [-0.4, -0.2) is 29.2 Å². The molecule has 0 bridgehead atoms. The van der Waals surface area contributed by atoms with E-state index in [1.165, 1.54) is 5.52 Å². The van der Waals surface area contributed by atoms with Crippen LogP contribution in [0.5, 0.6) is 0 Å². The topological polar surface area (TPSA) is 69.3 Å². The van der Waals surface area contributed by atoms with Crippen molar-refractivity contribution in [1.29, 1.82) is 0 Å². The molecule has 0 spiro atoms. The van der Waals surface area contributed by atoms with Gasteiger partial charge in [0.1, 0.15) is 6.10 Å². The predicted octanol–water partition coefficient (Wildman–Crippen LogP) is 3.34. The average molecular weight is 374 g/mol. The van der Waals surface area contributed by atoms with Gasteiger partial charge in [-0.2, -0.15) is 0 Å². The van der Waals surface area contributed by atoms with Gasteiger partial charge in [-0.25, -0.2) is 0 Å². The minimum Gasteiger partial charge on any atom is -0.364 e. The van der Waals surface area contributed by atoms with E-state index < -0.39 is 0 Å². The molecular weight excluding hydrogens is 349 g/mol. The fraction of sp³-hybridized carbons (Fsp3) is 0.471. The number of hydrogen-bond acceptors (Lipinski definition) is 3. The van der Waals surface area contributed by atoms with Crippen molar-refractivity contribution in [1.82, 2.24) is 4.57 Å². The minimum absolute atomic E-state index is 0. The summed E-state index contributed by atoms with van der Waals surface area (Å²) in [4.78, 5) is 12.2. The number of nitrogens with two attached hydrogens (primary N) is 1. The van der Waals surface area contributed by atoms with Crippen molar-refractivity contribution < 1.29 is 9.53 Å². The summed E-state index contributed by atoms with van der Waals surface area (Å²) in [6, 6.07) is 8.09. The van der Waals surface area contributed by atoms with Crippen LogP contribution < -0.4 is 11.1 Å². The number of ether oxygens (including phenoxy) is 1. The zero-order chi connectivity index (χ0) is 15.5. The quantitative estimate of drug-likeness (QED) is 0.844. The minimum atomic E-state index is -0.381. The van der Waals surface area contributed by atoms with Gasteiger partial charge in [-0.1, -0.05) is 6.92 Å². The number of carbonyl (C=O) groups excluding carboxylic acids is 1. The molecule has 24 heavy (non-hydrogen) atoms. The number of nitrogens with one attached hydrogen (secondary N) is 1. The van der Waals surface area contributed by atoms with Crippen LogP contribution in [0, 0.1) is 0 Å². The third-order valence-electron chi connectivity index (χ3n) is 4.17. The summed E-state index contributed by atoms with van der Waals surface area (Å²) in [7, 11) is 0. The summed E-state index contributed by atoms with van der Waals surface area (Å²) in [6.45, 7) is 3.64. The zero-order valence-corrected chi connectivity index (χ0v) is 15.4. The largest absolute Gasteiger partial charge is 0.364 e. The number of carbonyl (C=O) groups is 1. The van der Waals surface area contributed by atoms with Crippen molar-refractivity contribution in [3.8, 4) is 0 Å². The molecule has 0 unspecified atom stereocenters. The summed E-state index contributed by atoms with van der Waals surface area (Å²) in [6.07, 6.45) is 4.42. The van der Waals surface area contributed by atoms with Crippen LogP contribution in [0.1, 0.15) is 26.2 Å². The average Bonchev–Trinajstić information content (AvgIpc) is 3.14. The first-order valence-corrected chi connectivity index (χ1v) is 7.96. The van der Waals surface area contributed by atoms with E-state index in [2.05, 4.69) is 35.1 Å². The third kappa shape index (κ3) is 4.42. The highest BCUT2D eigenvalue weighted by molar-refractivity contribution is 5.96. The lowest BCUT2D eigenvalue weighted by atomic mass is 10.2. The molecule has 0 saturated carbocycles. The maximum atomic E-state index is 12.2. The van der Waals surface area contributed by atoms with Gasteiger partial charge in [0.25, 0.3) is 5.91 Å². The number of benzene rings is 1. The molecule has 1 fully saturated rings. The number of amides is 1. The van der Waals surface area contributed by atoms with Gasteiger partial charge >= 0.3 is 0 Å². The first-order chi connectivity index (χ1) is 10.7. The van der Waals surface area contributed by atoms with E-state index in [-0.39, 0.29) is 42.9 Å². The lowest BCUT2D eigenvalue weighted by Gasteiger charge is -2.13. The van der Waals surface area contributed by atoms with Crippen LogP contribution in [0.3, 0.4) is 0 Å². The molecule has 1 aromatic heterocycles. The van der Waals surface area contributed by atoms with E-state index in [0.717, 1.165) is 36.9 Å². The molecule has 2 aromatic rings. The zero-order valence-electron chi connectivity index (χ0n) is 13.7. The van der Waals surface area contributed by atoms with Crippen molar-refractivity contribution in [3.05, 3.63) is 30.5 Å². The van der Waals surface area contributed by atoms with Gasteiger partial charge in [0.05, 0.1) is 6.10 Å². The van der Waals surface area contributed by atoms with E-state index in [0.29, 0.717) is 6.54 Å². The van der Waals surface area contributed by atoms with Crippen LogP contribution in [-0.2, 0) is 16.1 Å². The molecule has 2 atom stereocenters. The molecule has 7 heteroatoms. The van der Waals surface area contributed by atoms with Gasteiger partial charge in [-0.3, -0.25) is 4.79 Å². The van der Waals surface area contributed by atoms with Crippen LogP contribution in [0.2, 0.25) is 0 Å². The molecule has 1 saturated heterocycles. The monoisotopic (exact) mass is 373 g/mol. The molecule has 1 aliphatic rings. The lowest BCUT2D eigenvalue weighted by Crippen LogP contribution is -2.29. The van der Waals surface area contributed by atoms with E-state index in [1.807, 2.05) is 12.1 Å². The normalized spacial score (nSPS) is 19.6. The molecule has 1 aromatic carbocycles. The smallest absolute Gasteiger partial charge is 0.253 e. The first-order valence-electron chi connectivity index (χ1n) is 7.96. The Hall–Kier alpha value is -1.27. The van der Waals surface area contributed by atoms with Gasteiger partial charge in [0.15, 0.2) is 0 Å². The Bertz CT molecular complexity index is 675. The van der Waals surface area contributed by atoms with E-state index >= 15 is 0 Å². The van der Waals surface area contributed by atoms with E-state index in [9.17, 15) is 4.79 Å². The van der Waals surface area contributed by atoms with Crippen LogP contribution >= 0.6 is 24.8 Å². The summed E-state index contributed by atoms with van der Waals surface area (Å²) in [5.41, 5.74) is 7.59. The maximum Gasteiger partial charge on any atom is 0.253 e. The number of hydrogen-bond donors (Lipinski definition) is 2. The molecule has 134 valence electrons. The Morgan fingerprint density at radius 3 is 2.79 bits per heavy atom. The number of aromatic nitrogens is 1. The third-order valence-corrected chi connectivity index (χ3v) is 4.17. The van der Waals surface area contributed by atoms with Gasteiger partial charge in [-0.15, -0.1) is 24.8 Å². The Balaban J connectivity index is 0.00000144. The predicted molar refractivity (Wildman–Crippen MR) is 102 cm³/mol. The molecule has 2 heterocycles. The highest BCUT2D eigenvalue weighted by Gasteiger charge is 2.29. The maximum absolute atomic E-state index is 12.2. The molecule has 1 amide bonds. The van der Waals surface area contributed by atoms with Crippen molar-refractivity contribution >= 4 is 47.3 Å². The summed E-state index contributed by atoms with van der Waals surface area (Å²) < 4.78 is 7.86. The summed E-state index contributed by atoms with van der Waals surface area (Å²) >= 11 is 0. The molecule has 5 nitrogen and oxygen atoms in total. The van der Waals surface area contributed by atoms with Gasteiger partial charge in [0, 0.05) is 35.9 Å². The van der Waals surface area contributed by atoms with Crippen LogP contribution in [0.25, 0.3) is 10.9 Å². The Kier molecular flexibility index (Phi) is 8.03. The van der Waals surface area contributed by atoms with Crippen molar-refractivity contribution in [3.63, 3.8) is 0 Å². The number of fused-ring (bicyclic) bond motifs is 1. The second kappa shape index (κ2) is 9.28. The molecule has 3 rings (SSSR count). The first kappa shape index (κ1) is 20.8. The fourth-order valence-electron chi connectivity index (χ4n) is 3.01. The fourth-order valence-corrected chi connectivity index (χ4v) is 3.01. The molecule has 3 N–H and O–H groups in total. The second-order valence-corrected chi connectivity index (χ2v) is 5.83. The van der Waals surface area contributed by atoms with Crippen LogP contribution in [0.15, 0.2) is 30.5 Å². The summed E-state index contributed by atoms with van der Waals surface area (Å²) in [5.74, 6) is -0.0803. The number of halogens is 2. The number of nitrogens with zero attached hydrogens (tertiary/aromatic N) is 1. The standard InChI is InChI=1S/C17H23N3O2.2ClH/c1-2-8-20-9-7-12-10-13(3-5-15(12)20)19-17(21)16-6-4-14(11-18)22-16;;/h3,5,7,9-10,14,16H,2,4,6,8,11,18H2,1H3,(H,19,21);2*1H/t14-,16+;;/m1../s1. The Morgan fingerprint density at radius 2 is 2.12 bits per heavy atom. The number of anilines is 1. The summed E-state index contributed by atoms with van der Waals surface area (Å²) in [5, 5.41) is 4.09. The van der Waals surface area contributed by atoms with Crippen molar-refractivity contribution in [2.45, 2.75) is 44.9 Å². The van der Waals surface area contributed by atoms with Gasteiger partial charge in [0.2, 0.25) is 0 Å². The van der Waals surface area contributed by atoms with Gasteiger partial charge in [-0.05, 0) is 43.5 Å². The van der Waals surface area contributed by atoms with Crippen molar-refractivity contribution in [2.75, 3.05) is 11.9 Å². The number of rotatable bonds is 5. The lowest BCUT2D eigenvalue weighted by molar-refractivity contribution is -0.126. The van der Waals surface area contributed by atoms with E-state index in [1.54, 1.807) is 0 Å². The van der Waals surface area contributed by atoms with Crippen molar-refractivity contribution in [2.24, 2.45) is 5.73 Å². The SMILES string of the molecule is CCCn1ccc2cc(NC(=O)[C@@H]3CC[C@H](CN)O3)ccc21.Cl.Cl. The highest BCUT2D eigenvalue weighted by atomic mass is 35.5. The Labute approximate surface area is 154 Å². The van der Waals surface area contributed by atoms with Gasteiger partial charge < -0.3 is 20.4 Å². The molecule has 1 aliphatic heterocycles. The highest BCUT2D eigenvalue weighted by Crippen LogP contribution is 2.23. The number of aryl methyl sites for hydroxylation is 1.